The zero-order valence-corrected chi connectivity index (χ0v) is 7.58. The first-order chi connectivity index (χ1) is 5.70. The van der Waals surface area contributed by atoms with Crippen molar-refractivity contribution in [3.63, 3.8) is 0 Å². The van der Waals surface area contributed by atoms with Crippen LogP contribution in [-0.4, -0.2) is 17.4 Å². The molecule has 0 aliphatic heterocycles. The van der Waals surface area contributed by atoms with Crippen molar-refractivity contribution in [1.82, 2.24) is 0 Å². The van der Waals surface area contributed by atoms with E-state index in [-0.39, 0.29) is 0 Å². The van der Waals surface area contributed by atoms with E-state index < -0.39 is 12.3 Å². The second kappa shape index (κ2) is 7.06. The number of aliphatic hydroxyl groups is 1. The number of hydrogen-bond acceptors (Lipinski definition) is 4. The van der Waals surface area contributed by atoms with Crippen molar-refractivity contribution < 1.29 is 19.7 Å². The van der Waals surface area contributed by atoms with Crippen LogP contribution in [0.25, 0.3) is 0 Å². The lowest BCUT2D eigenvalue weighted by Crippen LogP contribution is -2.15. The van der Waals surface area contributed by atoms with Crippen LogP contribution in [0.4, 0.5) is 0 Å². The first-order valence-corrected chi connectivity index (χ1v) is 4.24. The molecule has 0 heterocycles. The van der Waals surface area contributed by atoms with Gasteiger partial charge in [0.25, 0.3) is 0 Å². The largest absolute Gasteiger partial charge is 0.365 e. The quantitative estimate of drug-likeness (QED) is 0.377. The van der Waals surface area contributed by atoms with Crippen LogP contribution in [0.1, 0.15) is 39.5 Å². The third kappa shape index (κ3) is 6.12. The van der Waals surface area contributed by atoms with Crippen LogP contribution >= 0.6 is 0 Å². The molecule has 1 atom stereocenters. The second-order valence-corrected chi connectivity index (χ2v) is 2.54. The third-order valence-corrected chi connectivity index (χ3v) is 1.24. The van der Waals surface area contributed by atoms with E-state index in [0.717, 1.165) is 6.42 Å². The van der Waals surface area contributed by atoms with E-state index in [1.807, 2.05) is 13.8 Å². The zero-order valence-electron chi connectivity index (χ0n) is 7.58. The number of aliphatic hydroxyl groups excluding tert-OH is 1. The van der Waals surface area contributed by atoms with Crippen molar-refractivity contribution >= 4 is 5.97 Å². The van der Waals surface area contributed by atoms with E-state index in [2.05, 4.69) is 9.78 Å². The fourth-order valence-electron chi connectivity index (χ4n) is 0.650. The van der Waals surface area contributed by atoms with Gasteiger partial charge in [-0.25, -0.2) is 4.79 Å². The summed E-state index contributed by atoms with van der Waals surface area (Å²) in [7, 11) is 0. The fourth-order valence-corrected chi connectivity index (χ4v) is 0.650. The van der Waals surface area contributed by atoms with Gasteiger partial charge in [-0.2, -0.15) is 4.89 Å². The van der Waals surface area contributed by atoms with Crippen molar-refractivity contribution in [3.05, 3.63) is 0 Å². The molecular weight excluding hydrogens is 160 g/mol. The average molecular weight is 176 g/mol. The van der Waals surface area contributed by atoms with Gasteiger partial charge >= 0.3 is 5.97 Å². The summed E-state index contributed by atoms with van der Waals surface area (Å²) < 4.78 is 0. The van der Waals surface area contributed by atoms with Gasteiger partial charge in [0.2, 0.25) is 6.29 Å². The Kier molecular flexibility index (Phi) is 6.70. The van der Waals surface area contributed by atoms with E-state index >= 15 is 0 Å². The topological polar surface area (TPSA) is 55.8 Å². The molecule has 0 spiro atoms. The smallest absolute Gasteiger partial charge is 0.342 e. The van der Waals surface area contributed by atoms with Gasteiger partial charge in [0.05, 0.1) is 0 Å². The van der Waals surface area contributed by atoms with Crippen LogP contribution < -0.4 is 0 Å². The van der Waals surface area contributed by atoms with Gasteiger partial charge < -0.3 is 5.11 Å². The highest BCUT2D eigenvalue weighted by molar-refractivity contribution is 5.68. The molecule has 0 aromatic rings. The predicted octanol–water partition coefficient (Wildman–Crippen LogP) is 1.38. The molecule has 0 aliphatic carbocycles. The summed E-state index contributed by atoms with van der Waals surface area (Å²) >= 11 is 0. The maximum Gasteiger partial charge on any atom is 0.342 e. The highest BCUT2D eigenvalue weighted by atomic mass is 17.2. The van der Waals surface area contributed by atoms with E-state index in [9.17, 15) is 4.79 Å². The van der Waals surface area contributed by atoms with Gasteiger partial charge in [0, 0.05) is 12.8 Å². The Bertz CT molecular complexity index is 124. The molecule has 0 amide bonds. The first kappa shape index (κ1) is 11.4. The van der Waals surface area contributed by atoms with Crippen molar-refractivity contribution in [2.75, 3.05) is 0 Å². The molecule has 0 aliphatic rings. The predicted molar refractivity (Wildman–Crippen MR) is 43.0 cm³/mol. The molecule has 0 radical (unpaired) electrons. The molecule has 0 fully saturated rings. The summed E-state index contributed by atoms with van der Waals surface area (Å²) in [6.45, 7) is 3.77. The van der Waals surface area contributed by atoms with E-state index in [1.54, 1.807) is 0 Å². The normalized spacial score (nSPS) is 12.6. The summed E-state index contributed by atoms with van der Waals surface area (Å²) in [6.07, 6.45) is 1.30. The third-order valence-electron chi connectivity index (χ3n) is 1.24. The molecular formula is C8H16O4. The highest BCUT2D eigenvalue weighted by Gasteiger charge is 2.07. The molecule has 0 rings (SSSR count). The minimum atomic E-state index is -0.990. The van der Waals surface area contributed by atoms with Gasteiger partial charge in [-0.1, -0.05) is 20.3 Å². The summed E-state index contributed by atoms with van der Waals surface area (Å²) in [5, 5.41) is 8.97. The lowest BCUT2D eigenvalue weighted by atomic mass is 10.3. The summed E-state index contributed by atoms with van der Waals surface area (Å²) in [5.41, 5.74) is 0. The van der Waals surface area contributed by atoms with Gasteiger partial charge in [0.1, 0.15) is 0 Å². The molecule has 4 nitrogen and oxygen atoms in total. The van der Waals surface area contributed by atoms with E-state index in [4.69, 9.17) is 5.11 Å². The van der Waals surface area contributed by atoms with Gasteiger partial charge in [-0.15, -0.1) is 0 Å². The Hall–Kier alpha value is -0.610. The summed E-state index contributed by atoms with van der Waals surface area (Å²) in [4.78, 5) is 19.4. The molecule has 0 bridgehead atoms. The number of rotatable bonds is 6. The highest BCUT2D eigenvalue weighted by Crippen LogP contribution is 2.00. The van der Waals surface area contributed by atoms with Crippen LogP contribution in [0, 0.1) is 0 Å². The molecule has 0 saturated heterocycles. The SMILES string of the molecule is CCCC(=O)OOC(O)CCC. The zero-order chi connectivity index (χ0) is 9.40. The van der Waals surface area contributed by atoms with E-state index in [1.165, 1.54) is 0 Å². The summed E-state index contributed by atoms with van der Waals surface area (Å²) in [6, 6.07) is 0. The van der Waals surface area contributed by atoms with Crippen LogP contribution in [0.5, 0.6) is 0 Å². The van der Waals surface area contributed by atoms with Crippen LogP contribution in [0.2, 0.25) is 0 Å². The number of hydrogen-bond donors (Lipinski definition) is 1. The second-order valence-electron chi connectivity index (χ2n) is 2.54. The van der Waals surface area contributed by atoms with Crippen LogP contribution in [0.3, 0.4) is 0 Å². The minimum Gasteiger partial charge on any atom is -0.365 e. The molecule has 0 saturated carbocycles. The standard InChI is InChI=1S/C8H16O4/c1-3-5-7(9)11-12-8(10)6-4-2/h7,9H,3-6H2,1-2H3. The van der Waals surface area contributed by atoms with Crippen molar-refractivity contribution in [2.24, 2.45) is 0 Å². The maximum atomic E-state index is 10.7. The minimum absolute atomic E-state index is 0.318. The van der Waals surface area contributed by atoms with Gasteiger partial charge in [-0.05, 0) is 6.42 Å². The van der Waals surface area contributed by atoms with Crippen molar-refractivity contribution in [1.29, 1.82) is 0 Å². The number of carbonyl (C=O) groups is 1. The first-order valence-electron chi connectivity index (χ1n) is 4.24. The van der Waals surface area contributed by atoms with Crippen LogP contribution in [0.15, 0.2) is 0 Å². The lowest BCUT2D eigenvalue weighted by molar-refractivity contribution is -0.343. The summed E-state index contributed by atoms with van der Waals surface area (Å²) in [5.74, 6) is -0.437. The Morgan fingerprint density at radius 3 is 2.58 bits per heavy atom. The van der Waals surface area contributed by atoms with Crippen molar-refractivity contribution in [3.8, 4) is 0 Å². The monoisotopic (exact) mass is 176 g/mol. The molecule has 72 valence electrons. The Balaban J connectivity index is 3.33. The molecule has 12 heavy (non-hydrogen) atoms. The van der Waals surface area contributed by atoms with Gasteiger partial charge in [-0.3, -0.25) is 4.89 Å². The number of carbonyl (C=O) groups excluding carboxylic acids is 1. The molecule has 1 unspecified atom stereocenters. The lowest BCUT2D eigenvalue weighted by Gasteiger charge is -2.07. The Labute approximate surface area is 72.4 Å². The Morgan fingerprint density at radius 1 is 1.42 bits per heavy atom. The Morgan fingerprint density at radius 2 is 2.08 bits per heavy atom. The average Bonchev–Trinajstić information content (AvgIpc) is 2.02. The molecule has 0 aromatic heterocycles. The molecule has 4 heteroatoms. The van der Waals surface area contributed by atoms with Crippen LogP contribution in [-0.2, 0) is 14.6 Å². The molecule has 0 aromatic carbocycles. The van der Waals surface area contributed by atoms with E-state index in [0.29, 0.717) is 19.3 Å². The molecule has 1 N–H and O–H groups in total. The van der Waals surface area contributed by atoms with Crippen molar-refractivity contribution in [2.45, 2.75) is 45.8 Å². The fraction of sp³-hybridized carbons (Fsp3) is 0.875. The van der Waals surface area contributed by atoms with Gasteiger partial charge in [0.15, 0.2) is 0 Å². The maximum absolute atomic E-state index is 10.7.